The minimum absolute atomic E-state index is 0.0655. The first-order chi connectivity index (χ1) is 14.4. The topological polar surface area (TPSA) is 120 Å². The fraction of sp³-hybridized carbons (Fsp3) is 0.150. The van der Waals surface area contributed by atoms with E-state index >= 15 is 0 Å². The van der Waals surface area contributed by atoms with Gasteiger partial charge in [0, 0.05) is 28.8 Å². The molecule has 0 saturated heterocycles. The monoisotopic (exact) mass is 430 g/mol. The number of nitrogens with zero attached hydrogens (tertiary/aromatic N) is 3. The maximum absolute atomic E-state index is 13.8. The minimum atomic E-state index is -1.20. The fourth-order valence-electron chi connectivity index (χ4n) is 2.63. The van der Waals surface area contributed by atoms with Crippen molar-refractivity contribution < 1.29 is 24.5 Å². The van der Waals surface area contributed by atoms with E-state index in [1.165, 1.54) is 36.0 Å². The SMILES string of the molecule is O=C(O)NC/C=C(\F)CSc1cccc(Cn2cc(-c3cc(O)cc(O)c3)nn2)c1. The van der Waals surface area contributed by atoms with Gasteiger partial charge >= 0.3 is 6.09 Å². The third kappa shape index (κ3) is 6.24. The van der Waals surface area contributed by atoms with Gasteiger partial charge < -0.3 is 20.6 Å². The molecular weight excluding hydrogens is 411 g/mol. The number of aromatic hydroxyl groups is 2. The lowest BCUT2D eigenvalue weighted by Gasteiger charge is -2.05. The minimum Gasteiger partial charge on any atom is -0.508 e. The highest BCUT2D eigenvalue weighted by Crippen LogP contribution is 2.27. The van der Waals surface area contributed by atoms with Crippen LogP contribution in [0, 0.1) is 0 Å². The molecule has 1 amide bonds. The van der Waals surface area contributed by atoms with Crippen molar-refractivity contribution in [2.24, 2.45) is 0 Å². The third-order valence-corrected chi connectivity index (χ3v) is 4.94. The second-order valence-electron chi connectivity index (χ2n) is 6.31. The Morgan fingerprint density at radius 1 is 1.20 bits per heavy atom. The van der Waals surface area contributed by atoms with Crippen LogP contribution < -0.4 is 5.32 Å². The summed E-state index contributed by atoms with van der Waals surface area (Å²) in [4.78, 5) is 11.2. The van der Waals surface area contributed by atoms with Crippen molar-refractivity contribution in [3.05, 3.63) is 66.1 Å². The molecule has 3 aromatic rings. The van der Waals surface area contributed by atoms with Crippen molar-refractivity contribution in [2.75, 3.05) is 12.3 Å². The highest BCUT2D eigenvalue weighted by molar-refractivity contribution is 7.99. The van der Waals surface area contributed by atoms with Gasteiger partial charge in [-0.15, -0.1) is 16.9 Å². The zero-order valence-corrected chi connectivity index (χ0v) is 16.5. The van der Waals surface area contributed by atoms with Crippen LogP contribution in [0.15, 0.2) is 65.5 Å². The molecule has 10 heteroatoms. The first kappa shape index (κ1) is 21.2. The van der Waals surface area contributed by atoms with E-state index in [1.54, 1.807) is 10.9 Å². The molecule has 156 valence electrons. The molecule has 2 aromatic carbocycles. The Kier molecular flexibility index (Phi) is 6.91. The second-order valence-corrected chi connectivity index (χ2v) is 7.36. The Morgan fingerprint density at radius 2 is 1.97 bits per heavy atom. The lowest BCUT2D eigenvalue weighted by molar-refractivity contribution is 0.195. The van der Waals surface area contributed by atoms with Gasteiger partial charge in [0.05, 0.1) is 12.7 Å². The average molecular weight is 430 g/mol. The van der Waals surface area contributed by atoms with Crippen LogP contribution in [0.2, 0.25) is 0 Å². The number of amides is 1. The maximum atomic E-state index is 13.8. The molecule has 1 heterocycles. The molecule has 1 aromatic heterocycles. The summed E-state index contributed by atoms with van der Waals surface area (Å²) >= 11 is 1.30. The number of nitrogens with one attached hydrogen (secondary N) is 1. The molecule has 0 unspecified atom stereocenters. The van der Waals surface area contributed by atoms with E-state index < -0.39 is 11.9 Å². The molecular formula is C20H19FN4O4S. The number of halogens is 1. The van der Waals surface area contributed by atoms with Crippen LogP contribution in [0.1, 0.15) is 5.56 Å². The van der Waals surface area contributed by atoms with Gasteiger partial charge in [0.1, 0.15) is 23.0 Å². The van der Waals surface area contributed by atoms with E-state index in [2.05, 4.69) is 15.6 Å². The molecule has 0 spiro atoms. The van der Waals surface area contributed by atoms with Crippen LogP contribution >= 0.6 is 11.8 Å². The summed E-state index contributed by atoms with van der Waals surface area (Å²) in [6.07, 6.45) is 1.70. The van der Waals surface area contributed by atoms with Crippen LogP contribution in [-0.2, 0) is 6.54 Å². The molecule has 0 aliphatic heterocycles. The Hall–Kier alpha value is -3.53. The van der Waals surface area contributed by atoms with E-state index in [4.69, 9.17) is 5.11 Å². The summed E-state index contributed by atoms with van der Waals surface area (Å²) in [5, 5.41) is 37.9. The molecule has 0 aliphatic carbocycles. The van der Waals surface area contributed by atoms with Crippen molar-refractivity contribution >= 4 is 17.9 Å². The van der Waals surface area contributed by atoms with Crippen LogP contribution in [0.3, 0.4) is 0 Å². The molecule has 3 rings (SSSR count). The normalized spacial score (nSPS) is 11.4. The van der Waals surface area contributed by atoms with E-state index in [9.17, 15) is 19.4 Å². The predicted octanol–water partition coefficient (Wildman–Crippen LogP) is 3.62. The van der Waals surface area contributed by atoms with Crippen LogP contribution in [-0.4, -0.2) is 48.7 Å². The quantitative estimate of drug-likeness (QED) is 0.403. The number of hydrogen-bond donors (Lipinski definition) is 4. The zero-order chi connectivity index (χ0) is 21.5. The first-order valence-electron chi connectivity index (χ1n) is 8.85. The van der Waals surface area contributed by atoms with Crippen molar-refractivity contribution in [3.8, 4) is 22.8 Å². The molecule has 8 nitrogen and oxygen atoms in total. The summed E-state index contributed by atoms with van der Waals surface area (Å²) in [5.41, 5.74) is 1.99. The smallest absolute Gasteiger partial charge is 0.404 e. The number of carboxylic acid groups (broad SMARTS) is 1. The molecule has 0 aliphatic rings. The summed E-state index contributed by atoms with van der Waals surface area (Å²) in [6, 6.07) is 11.7. The van der Waals surface area contributed by atoms with Gasteiger partial charge in [-0.2, -0.15) is 0 Å². The van der Waals surface area contributed by atoms with Crippen molar-refractivity contribution in [1.29, 1.82) is 0 Å². The second kappa shape index (κ2) is 9.79. The fourth-order valence-corrected chi connectivity index (χ4v) is 3.46. The first-order valence-corrected chi connectivity index (χ1v) is 9.84. The number of benzene rings is 2. The number of carbonyl (C=O) groups is 1. The lowest BCUT2D eigenvalue weighted by atomic mass is 10.1. The summed E-state index contributed by atoms with van der Waals surface area (Å²) in [7, 11) is 0. The summed E-state index contributed by atoms with van der Waals surface area (Å²) < 4.78 is 15.4. The molecule has 0 atom stereocenters. The number of hydrogen-bond acceptors (Lipinski definition) is 6. The molecule has 4 N–H and O–H groups in total. The number of phenols is 2. The van der Waals surface area contributed by atoms with Crippen LogP contribution in [0.4, 0.5) is 9.18 Å². The van der Waals surface area contributed by atoms with E-state index in [-0.39, 0.29) is 23.8 Å². The Bertz CT molecular complexity index is 1050. The third-order valence-electron chi connectivity index (χ3n) is 3.93. The van der Waals surface area contributed by atoms with Gasteiger partial charge in [-0.1, -0.05) is 17.3 Å². The van der Waals surface area contributed by atoms with Gasteiger partial charge in [0.2, 0.25) is 0 Å². The van der Waals surface area contributed by atoms with Crippen LogP contribution in [0.5, 0.6) is 11.5 Å². The number of phenolic OH excluding ortho intramolecular Hbond substituents is 2. The van der Waals surface area contributed by atoms with Gasteiger partial charge in [0.15, 0.2) is 0 Å². The predicted molar refractivity (Wildman–Crippen MR) is 110 cm³/mol. The van der Waals surface area contributed by atoms with E-state index in [1.807, 2.05) is 24.3 Å². The Labute approximate surface area is 175 Å². The average Bonchev–Trinajstić information content (AvgIpc) is 3.14. The van der Waals surface area contributed by atoms with Gasteiger partial charge in [-0.25, -0.2) is 13.9 Å². The largest absolute Gasteiger partial charge is 0.508 e. The Balaban J connectivity index is 1.62. The van der Waals surface area contributed by atoms with Gasteiger partial charge in [-0.3, -0.25) is 0 Å². The van der Waals surface area contributed by atoms with Crippen molar-refractivity contribution in [1.82, 2.24) is 20.3 Å². The molecule has 0 saturated carbocycles. The van der Waals surface area contributed by atoms with E-state index in [0.717, 1.165) is 10.5 Å². The summed E-state index contributed by atoms with van der Waals surface area (Å²) in [5.74, 6) is -0.442. The lowest BCUT2D eigenvalue weighted by Crippen LogP contribution is -2.20. The number of aromatic nitrogens is 3. The van der Waals surface area contributed by atoms with Gasteiger partial charge in [-0.05, 0) is 35.9 Å². The standard InChI is InChI=1S/C20H19FN4O4S/c21-15(4-5-22-20(28)29)12-30-18-3-1-2-13(6-18)10-25-11-19(23-24-25)14-7-16(26)9-17(27)8-14/h1-4,6-9,11,22,26-27H,5,10,12H2,(H,28,29)/b15-4-. The van der Waals surface area contributed by atoms with Gasteiger partial charge in [0.25, 0.3) is 0 Å². The van der Waals surface area contributed by atoms with Crippen molar-refractivity contribution in [2.45, 2.75) is 11.4 Å². The summed E-state index contributed by atoms with van der Waals surface area (Å²) in [6.45, 7) is 0.362. The Morgan fingerprint density at radius 3 is 2.70 bits per heavy atom. The zero-order valence-electron chi connectivity index (χ0n) is 15.7. The number of rotatable bonds is 8. The highest BCUT2D eigenvalue weighted by atomic mass is 32.2. The van der Waals surface area contributed by atoms with Crippen LogP contribution in [0.25, 0.3) is 11.3 Å². The molecule has 0 fully saturated rings. The highest BCUT2D eigenvalue weighted by Gasteiger charge is 2.08. The van der Waals surface area contributed by atoms with E-state index in [0.29, 0.717) is 17.8 Å². The van der Waals surface area contributed by atoms with Crippen molar-refractivity contribution in [3.63, 3.8) is 0 Å². The maximum Gasteiger partial charge on any atom is 0.404 e. The molecule has 0 radical (unpaired) electrons. The molecule has 0 bridgehead atoms. The molecule has 30 heavy (non-hydrogen) atoms. The number of thioether (sulfide) groups is 1.